The Bertz CT molecular complexity index is 835. The molecule has 0 N–H and O–H groups in total. The van der Waals surface area contributed by atoms with Gasteiger partial charge in [-0.15, -0.1) is 6.58 Å². The van der Waals surface area contributed by atoms with E-state index in [2.05, 4.69) is 6.58 Å². The van der Waals surface area contributed by atoms with Gasteiger partial charge in [-0.25, -0.2) is 0 Å². The molecule has 0 fully saturated rings. The van der Waals surface area contributed by atoms with Crippen LogP contribution >= 0.6 is 0 Å². The van der Waals surface area contributed by atoms with E-state index in [-0.39, 0.29) is 21.1 Å². The second-order valence-corrected chi connectivity index (χ2v) is 27.5. The number of allylic oxidation sites excluding steroid dienone is 1. The summed E-state index contributed by atoms with van der Waals surface area (Å²) in [6, 6.07) is 0. The summed E-state index contributed by atoms with van der Waals surface area (Å²) in [5.41, 5.74) is -4.04. The molecule has 1 radical (unpaired) electrons. The van der Waals surface area contributed by atoms with Crippen LogP contribution < -0.4 is 14.4 Å². The number of hydrogen-bond acceptors (Lipinski definition) is 12. The molecule has 0 bridgehead atoms. The largest absolute Gasteiger partial charge is 3.00 e. The van der Waals surface area contributed by atoms with E-state index in [9.17, 15) is 14.4 Å². The summed E-state index contributed by atoms with van der Waals surface area (Å²) in [4.78, 5) is 37.9. The minimum absolute atomic E-state index is 0. The molecule has 0 aliphatic rings. The molecule has 0 aliphatic carbocycles. The fourth-order valence-electron chi connectivity index (χ4n) is 3.56. The van der Waals surface area contributed by atoms with Crippen LogP contribution in [0.4, 0.5) is 0 Å². The van der Waals surface area contributed by atoms with Crippen molar-refractivity contribution in [1.29, 1.82) is 0 Å². The van der Waals surface area contributed by atoms with E-state index in [1.165, 1.54) is 5.57 Å². The first-order valence-corrected chi connectivity index (χ1v) is 24.0. The van der Waals surface area contributed by atoms with Gasteiger partial charge >= 0.3 is 48.2 Å². The van der Waals surface area contributed by atoms with Gasteiger partial charge in [-0.1, -0.05) is 5.57 Å². The molecule has 0 aliphatic heterocycles. The Morgan fingerprint density at radius 1 is 0.286 bits per heavy atom. The molecule has 0 amide bonds. The maximum Gasteiger partial charge on any atom is 3.00 e. The Morgan fingerprint density at radius 3 is 0.375 bits per heavy atom. The van der Waals surface area contributed by atoms with Crippen molar-refractivity contribution >= 4 is 27.1 Å². The van der Waals surface area contributed by atoms with Crippen molar-refractivity contribution in [2.45, 2.75) is 251 Å². The maximum absolute atomic E-state index is 12.6. The predicted octanol–water partition coefficient (Wildman–Crippen LogP) is 8.26. The van der Waals surface area contributed by atoms with E-state index in [0.29, 0.717) is 0 Å². The fraction of sp³-hybridized carbons (Fsp3) is 0.950. The molecule has 0 atom stereocenters. The third-order valence-corrected chi connectivity index (χ3v) is 11.6. The zero-order valence-electron chi connectivity index (χ0n) is 41.5. The first-order valence-electron chi connectivity index (χ1n) is 19.1. The summed E-state index contributed by atoms with van der Waals surface area (Å²) in [5, 5.41) is 0. The van der Waals surface area contributed by atoms with Crippen LogP contribution in [0.25, 0.3) is 0 Å². The van der Waals surface area contributed by atoms with Crippen molar-refractivity contribution in [2.75, 3.05) is 0 Å². The van der Waals surface area contributed by atoms with Crippen LogP contribution in [0, 0.1) is 0 Å². The molecule has 56 heavy (non-hydrogen) atoms. The van der Waals surface area contributed by atoms with Gasteiger partial charge < -0.3 is 54.2 Å². The zero-order chi connectivity index (χ0) is 45.9. The van der Waals surface area contributed by atoms with Crippen LogP contribution in [0.3, 0.4) is 0 Å². The smallest absolute Gasteiger partial charge is 0.793 e. The molecule has 0 aromatic carbocycles. The monoisotopic (exact) mass is 943 g/mol. The molecule has 0 unspecified atom stereocenters. The van der Waals surface area contributed by atoms with Crippen molar-refractivity contribution in [1.82, 2.24) is 0 Å². The summed E-state index contributed by atoms with van der Waals surface area (Å²) < 4.78 is 49.6. The van der Waals surface area contributed by atoms with Gasteiger partial charge in [0.1, 0.15) is 0 Å². The number of rotatable bonds is 9. The second-order valence-electron chi connectivity index (χ2n) is 22.6. The quantitative estimate of drug-likeness (QED) is 0.162. The molecule has 0 saturated carbocycles. The molecule has 339 valence electrons. The van der Waals surface area contributed by atoms with Crippen LogP contribution in [-0.4, -0.2) is 77.6 Å². The zero-order valence-corrected chi connectivity index (χ0v) is 46.5. The third kappa shape index (κ3) is 52.6. The second kappa shape index (κ2) is 23.2. The minimum atomic E-state index is -3.91. The van der Waals surface area contributed by atoms with E-state index in [1.807, 2.05) is 201 Å². The Morgan fingerprint density at radius 2 is 0.339 bits per heavy atom. The molecule has 0 heterocycles. The van der Waals surface area contributed by atoms with Crippen LogP contribution in [-0.2, 0) is 60.9 Å². The summed E-state index contributed by atoms with van der Waals surface area (Å²) in [7, 11) is -11.7. The van der Waals surface area contributed by atoms with E-state index < -0.39 is 77.6 Å². The SMILES string of the molecule is C=C(C)C.CC(C)(C)O[Si]([O-])(OC(C)(C)C)OC(C)(C)C.CC(C)(C)O[Si]([O-])(OC(C)(C)C)OC(C)(C)C.CC(C)(C)O[Si]([O-])(OC(C)(C)C)OC(C)(C)C.[Mo+3]. The molecule has 12 nitrogen and oxygen atoms in total. The van der Waals surface area contributed by atoms with Crippen molar-refractivity contribution in [3.05, 3.63) is 12.2 Å². The Balaban J connectivity index is -0.000000219. The number of hydrogen-bond donors (Lipinski definition) is 0. The van der Waals surface area contributed by atoms with Crippen molar-refractivity contribution in [3.8, 4) is 0 Å². The fourth-order valence-corrected chi connectivity index (χ4v) is 10.7. The van der Waals surface area contributed by atoms with Gasteiger partial charge in [0, 0.05) is 0 Å². The Labute approximate surface area is 364 Å². The van der Waals surface area contributed by atoms with E-state index in [0.717, 1.165) is 0 Å². The summed E-state index contributed by atoms with van der Waals surface area (Å²) in [6.45, 7) is 56.8. The summed E-state index contributed by atoms with van der Waals surface area (Å²) in [5.74, 6) is 0. The molecule has 0 aromatic rings. The van der Waals surface area contributed by atoms with Gasteiger partial charge in [0.25, 0.3) is 0 Å². The average Bonchev–Trinajstić information content (AvgIpc) is 2.58. The average molecular weight is 942 g/mol. The molecule has 0 saturated heterocycles. The molecule has 0 spiro atoms. The minimum Gasteiger partial charge on any atom is -0.793 e. The van der Waals surface area contributed by atoms with Gasteiger partial charge in [0.2, 0.25) is 0 Å². The summed E-state index contributed by atoms with van der Waals surface area (Å²) in [6.07, 6.45) is 0. The van der Waals surface area contributed by atoms with Crippen molar-refractivity contribution in [3.63, 3.8) is 0 Å². The first kappa shape index (κ1) is 65.7. The molecular formula is C40H89MoO12Si3. The van der Waals surface area contributed by atoms with Crippen LogP contribution in [0.5, 0.6) is 0 Å². The topological polar surface area (TPSA) is 152 Å². The van der Waals surface area contributed by atoms with Crippen molar-refractivity contribution in [2.24, 2.45) is 0 Å². The van der Waals surface area contributed by atoms with Gasteiger partial charge in [-0.2, -0.15) is 0 Å². The van der Waals surface area contributed by atoms with Gasteiger partial charge in [-0.05, 0) is 201 Å². The molecule has 0 aromatic heterocycles. The summed E-state index contributed by atoms with van der Waals surface area (Å²) >= 11 is 0. The van der Waals surface area contributed by atoms with E-state index in [4.69, 9.17) is 39.8 Å². The molecule has 0 rings (SSSR count). The van der Waals surface area contributed by atoms with Gasteiger partial charge in [0.15, 0.2) is 0 Å². The van der Waals surface area contributed by atoms with Gasteiger partial charge in [-0.3, -0.25) is 0 Å². The van der Waals surface area contributed by atoms with E-state index >= 15 is 0 Å². The van der Waals surface area contributed by atoms with Crippen LogP contribution in [0.1, 0.15) is 201 Å². The predicted molar refractivity (Wildman–Crippen MR) is 225 cm³/mol. The van der Waals surface area contributed by atoms with Gasteiger partial charge in [0.05, 0.1) is 50.4 Å². The van der Waals surface area contributed by atoms with Crippen LogP contribution in [0.15, 0.2) is 12.2 Å². The standard InChI is InChI=1S/3C12H27O4Si.C4H8.Mo/c3*1-10(2,3)14-17(13,15-11(4,5)6)16-12(7,8)9;1-4(2)3;/h3*1-9H3;1H2,2-3H3;/q3*-1;;+3. The third-order valence-electron chi connectivity index (χ3n) is 3.88. The first-order chi connectivity index (χ1) is 23.1. The Kier molecular flexibility index (Phi) is 27.2. The maximum atomic E-state index is 12.6. The van der Waals surface area contributed by atoms with E-state index in [1.54, 1.807) is 0 Å². The molecular weight excluding hydrogens is 853 g/mol. The normalized spacial score (nSPS) is 14.3. The molecule has 16 heteroatoms. The Hall–Kier alpha value is 0.599. The van der Waals surface area contributed by atoms with Crippen molar-refractivity contribution < 1.29 is 75.3 Å². The van der Waals surface area contributed by atoms with Crippen LogP contribution in [0.2, 0.25) is 0 Å².